The first kappa shape index (κ1) is 15.9. The Morgan fingerprint density at radius 1 is 1.12 bits per heavy atom. The van der Waals surface area contributed by atoms with Gasteiger partial charge in [0.25, 0.3) is 10.0 Å². The van der Waals surface area contributed by atoms with Crippen molar-refractivity contribution in [3.63, 3.8) is 0 Å². The highest BCUT2D eigenvalue weighted by Gasteiger charge is 2.32. The average molecular weight is 362 g/mol. The molecule has 2 aliphatic rings. The van der Waals surface area contributed by atoms with Crippen LogP contribution in [0.4, 0.5) is 15.8 Å². The molecule has 130 valence electrons. The quantitative estimate of drug-likeness (QED) is 0.819. The second kappa shape index (κ2) is 5.45. The van der Waals surface area contributed by atoms with Crippen LogP contribution in [0.15, 0.2) is 41.3 Å². The molecule has 0 aliphatic carbocycles. The van der Waals surface area contributed by atoms with Crippen molar-refractivity contribution >= 4 is 27.3 Å². The zero-order valence-electron chi connectivity index (χ0n) is 13.4. The molecule has 2 aromatic carbocycles. The van der Waals surface area contributed by atoms with Gasteiger partial charge >= 0.3 is 0 Å². The van der Waals surface area contributed by atoms with Gasteiger partial charge in [0.2, 0.25) is 5.91 Å². The van der Waals surface area contributed by atoms with E-state index in [4.69, 9.17) is 4.74 Å². The number of carbonyl (C=O) groups excluding carboxylic acids is 1. The Balaban J connectivity index is 1.79. The third kappa shape index (κ3) is 2.44. The third-order valence-corrected chi connectivity index (χ3v) is 6.27. The minimum atomic E-state index is -3.89. The summed E-state index contributed by atoms with van der Waals surface area (Å²) >= 11 is 0. The van der Waals surface area contributed by atoms with Crippen molar-refractivity contribution in [3.8, 4) is 5.75 Å². The molecule has 0 saturated heterocycles. The van der Waals surface area contributed by atoms with E-state index in [1.807, 2.05) is 0 Å². The van der Waals surface area contributed by atoms with Gasteiger partial charge in [-0.05, 0) is 35.9 Å². The van der Waals surface area contributed by atoms with Crippen LogP contribution in [0.2, 0.25) is 0 Å². The summed E-state index contributed by atoms with van der Waals surface area (Å²) in [6.45, 7) is 0.277. The number of likely N-dealkylation sites (N-methyl/N-ethyl adjacent to an activating group) is 1. The molecule has 0 atom stereocenters. The van der Waals surface area contributed by atoms with E-state index in [0.717, 1.165) is 10.4 Å². The molecule has 0 aromatic heterocycles. The van der Waals surface area contributed by atoms with Gasteiger partial charge < -0.3 is 9.64 Å². The molecule has 0 saturated carbocycles. The van der Waals surface area contributed by atoms with Gasteiger partial charge in [0.1, 0.15) is 18.2 Å². The largest absolute Gasteiger partial charge is 0.489 e. The minimum absolute atomic E-state index is 0.0754. The highest BCUT2D eigenvalue weighted by atomic mass is 32.2. The fraction of sp³-hybridized carbons (Fsp3) is 0.235. The Kier molecular flexibility index (Phi) is 3.47. The van der Waals surface area contributed by atoms with Crippen LogP contribution >= 0.6 is 0 Å². The first-order valence-electron chi connectivity index (χ1n) is 7.72. The van der Waals surface area contributed by atoms with Crippen LogP contribution in [0, 0.1) is 5.82 Å². The molecule has 0 N–H and O–H groups in total. The molecule has 0 unspecified atom stereocenters. The van der Waals surface area contributed by atoms with Crippen LogP contribution < -0.4 is 13.9 Å². The highest BCUT2D eigenvalue weighted by molar-refractivity contribution is 7.92. The summed E-state index contributed by atoms with van der Waals surface area (Å²) in [7, 11) is -2.24. The molecule has 8 heteroatoms. The Labute approximate surface area is 144 Å². The lowest BCUT2D eigenvalue weighted by Gasteiger charge is -2.30. The summed E-state index contributed by atoms with van der Waals surface area (Å²) in [6, 6.07) is 8.41. The van der Waals surface area contributed by atoms with E-state index in [0.29, 0.717) is 17.0 Å². The molecular weight excluding hydrogens is 347 g/mol. The summed E-state index contributed by atoms with van der Waals surface area (Å²) < 4.78 is 46.3. The van der Waals surface area contributed by atoms with Crippen molar-refractivity contribution in [1.82, 2.24) is 0 Å². The Morgan fingerprint density at radius 3 is 2.72 bits per heavy atom. The number of amides is 1. The van der Waals surface area contributed by atoms with Crippen molar-refractivity contribution in [2.45, 2.75) is 11.3 Å². The van der Waals surface area contributed by atoms with E-state index in [9.17, 15) is 17.6 Å². The Morgan fingerprint density at radius 2 is 1.92 bits per heavy atom. The fourth-order valence-electron chi connectivity index (χ4n) is 3.15. The molecule has 4 rings (SSSR count). The summed E-state index contributed by atoms with van der Waals surface area (Å²) in [4.78, 5) is 13.4. The van der Waals surface area contributed by atoms with E-state index in [1.165, 1.54) is 29.2 Å². The predicted octanol–water partition coefficient (Wildman–Crippen LogP) is 1.93. The highest BCUT2D eigenvalue weighted by Crippen LogP contribution is 2.37. The van der Waals surface area contributed by atoms with Crippen molar-refractivity contribution in [2.75, 3.05) is 29.4 Å². The smallest absolute Gasteiger partial charge is 0.264 e. The molecule has 2 aromatic rings. The summed E-state index contributed by atoms with van der Waals surface area (Å²) in [5.74, 6) is -0.291. The van der Waals surface area contributed by atoms with Gasteiger partial charge in [-0.25, -0.2) is 12.8 Å². The molecule has 2 aliphatic heterocycles. The van der Waals surface area contributed by atoms with Crippen LogP contribution in [0.5, 0.6) is 5.75 Å². The standard InChI is InChI=1S/C17H15FN2O4S/c1-19-14-4-3-13(8-11(14)9-17(19)21)25(22,23)20-6-7-24-16-5-2-12(18)10-15(16)20/h2-5,8,10H,6-7,9H2,1H3. The normalized spacial score (nSPS) is 16.5. The zero-order chi connectivity index (χ0) is 17.8. The lowest BCUT2D eigenvalue weighted by Crippen LogP contribution is -2.38. The van der Waals surface area contributed by atoms with Crippen LogP contribution in [0.25, 0.3) is 0 Å². The van der Waals surface area contributed by atoms with Gasteiger partial charge in [-0.15, -0.1) is 0 Å². The second-order valence-electron chi connectivity index (χ2n) is 5.96. The van der Waals surface area contributed by atoms with Gasteiger partial charge in [0.15, 0.2) is 0 Å². The number of benzene rings is 2. The maximum absolute atomic E-state index is 13.6. The van der Waals surface area contributed by atoms with Gasteiger partial charge in [0, 0.05) is 18.8 Å². The zero-order valence-corrected chi connectivity index (χ0v) is 14.2. The van der Waals surface area contributed by atoms with Crippen molar-refractivity contribution in [1.29, 1.82) is 0 Å². The van der Waals surface area contributed by atoms with Gasteiger partial charge in [-0.3, -0.25) is 9.10 Å². The van der Waals surface area contributed by atoms with Crippen LogP contribution in [-0.4, -0.2) is 34.5 Å². The molecular formula is C17H15FN2O4S. The molecule has 25 heavy (non-hydrogen) atoms. The van der Waals surface area contributed by atoms with E-state index in [-0.39, 0.29) is 36.1 Å². The van der Waals surface area contributed by atoms with E-state index >= 15 is 0 Å². The molecule has 1 amide bonds. The molecule has 0 spiro atoms. The fourth-order valence-corrected chi connectivity index (χ4v) is 4.65. The SMILES string of the molecule is CN1C(=O)Cc2cc(S(=O)(=O)N3CCOc4ccc(F)cc43)ccc21. The topological polar surface area (TPSA) is 66.9 Å². The monoisotopic (exact) mass is 362 g/mol. The Bertz CT molecular complexity index is 990. The number of sulfonamides is 1. The van der Waals surface area contributed by atoms with Crippen molar-refractivity contribution in [2.24, 2.45) is 0 Å². The van der Waals surface area contributed by atoms with Crippen molar-refractivity contribution < 1.29 is 22.3 Å². The van der Waals surface area contributed by atoms with Gasteiger partial charge in [0.05, 0.1) is 23.5 Å². The van der Waals surface area contributed by atoms with Gasteiger partial charge in [-0.1, -0.05) is 0 Å². The number of carbonyl (C=O) groups is 1. The van der Waals surface area contributed by atoms with Crippen LogP contribution in [0.3, 0.4) is 0 Å². The number of ether oxygens (including phenoxy) is 1. The number of nitrogens with zero attached hydrogens (tertiary/aromatic N) is 2. The average Bonchev–Trinajstić information content (AvgIpc) is 2.88. The van der Waals surface area contributed by atoms with Crippen LogP contribution in [0.1, 0.15) is 5.56 Å². The minimum Gasteiger partial charge on any atom is -0.489 e. The molecule has 0 bridgehead atoms. The Hall–Kier alpha value is -2.61. The number of hydrogen-bond acceptors (Lipinski definition) is 4. The summed E-state index contributed by atoms with van der Waals surface area (Å²) in [5.41, 5.74) is 1.55. The summed E-state index contributed by atoms with van der Waals surface area (Å²) in [6.07, 6.45) is 0.170. The maximum atomic E-state index is 13.6. The lowest BCUT2D eigenvalue weighted by atomic mass is 10.2. The van der Waals surface area contributed by atoms with E-state index in [2.05, 4.69) is 0 Å². The second-order valence-corrected chi connectivity index (χ2v) is 7.82. The van der Waals surface area contributed by atoms with E-state index < -0.39 is 15.8 Å². The van der Waals surface area contributed by atoms with Crippen molar-refractivity contribution in [3.05, 3.63) is 47.8 Å². The third-order valence-electron chi connectivity index (χ3n) is 4.46. The number of hydrogen-bond donors (Lipinski definition) is 0. The first-order chi connectivity index (χ1) is 11.9. The predicted molar refractivity (Wildman–Crippen MR) is 90.0 cm³/mol. The lowest BCUT2D eigenvalue weighted by molar-refractivity contribution is -0.117. The molecule has 2 heterocycles. The number of halogens is 1. The maximum Gasteiger partial charge on any atom is 0.264 e. The molecule has 0 radical (unpaired) electrons. The first-order valence-corrected chi connectivity index (χ1v) is 9.16. The van der Waals surface area contributed by atoms with E-state index in [1.54, 1.807) is 13.1 Å². The van der Waals surface area contributed by atoms with Gasteiger partial charge in [-0.2, -0.15) is 0 Å². The summed E-state index contributed by atoms with van der Waals surface area (Å²) in [5, 5.41) is 0. The number of fused-ring (bicyclic) bond motifs is 2. The van der Waals surface area contributed by atoms with Crippen LogP contribution in [-0.2, 0) is 21.2 Å². The molecule has 6 nitrogen and oxygen atoms in total. The number of rotatable bonds is 2. The molecule has 0 fully saturated rings. The number of anilines is 2.